The number of rotatable bonds is 5. The molecular formula is C24H22N2O5S. The van der Waals surface area contributed by atoms with Crippen LogP contribution in [0.25, 0.3) is 6.08 Å². The SMILES string of the molecule is CCOC(=O)C1=C(C)N=c2s/c(=C\c3ccccc3O)c(=O)n2[C@@H]1c1ccc(OC)cc1. The minimum atomic E-state index is -0.692. The van der Waals surface area contributed by atoms with Crippen molar-refractivity contribution in [3.8, 4) is 11.5 Å². The fraction of sp³-hybridized carbons (Fsp3) is 0.208. The number of allylic oxidation sites excluding steroid dienone is 1. The van der Waals surface area contributed by atoms with Gasteiger partial charge in [0.2, 0.25) is 0 Å². The third-order valence-electron chi connectivity index (χ3n) is 5.17. The topological polar surface area (TPSA) is 90.1 Å². The van der Waals surface area contributed by atoms with Gasteiger partial charge >= 0.3 is 5.97 Å². The number of para-hydroxylation sites is 1. The molecule has 0 radical (unpaired) electrons. The molecule has 32 heavy (non-hydrogen) atoms. The van der Waals surface area contributed by atoms with Crippen molar-refractivity contribution in [2.45, 2.75) is 19.9 Å². The van der Waals surface area contributed by atoms with Gasteiger partial charge in [-0.05, 0) is 43.7 Å². The van der Waals surface area contributed by atoms with Gasteiger partial charge in [0, 0.05) is 5.56 Å². The molecule has 3 aromatic rings. The van der Waals surface area contributed by atoms with Crippen molar-refractivity contribution >= 4 is 23.4 Å². The number of fused-ring (bicyclic) bond motifs is 1. The summed E-state index contributed by atoms with van der Waals surface area (Å²) in [6.07, 6.45) is 1.63. The van der Waals surface area contributed by atoms with Crippen LogP contribution in [0.4, 0.5) is 0 Å². The Morgan fingerprint density at radius 3 is 2.59 bits per heavy atom. The van der Waals surface area contributed by atoms with E-state index in [1.807, 2.05) is 12.1 Å². The van der Waals surface area contributed by atoms with Crippen LogP contribution in [-0.2, 0) is 9.53 Å². The molecule has 0 aliphatic carbocycles. The van der Waals surface area contributed by atoms with Gasteiger partial charge in [-0.1, -0.05) is 41.7 Å². The number of hydrogen-bond donors (Lipinski definition) is 1. The van der Waals surface area contributed by atoms with Crippen molar-refractivity contribution in [2.24, 2.45) is 4.99 Å². The van der Waals surface area contributed by atoms with Gasteiger partial charge in [-0.15, -0.1) is 0 Å². The molecule has 2 aromatic carbocycles. The molecule has 0 spiro atoms. The number of aromatic nitrogens is 1. The number of carbonyl (C=O) groups is 1. The number of hydrogen-bond acceptors (Lipinski definition) is 7. The van der Waals surface area contributed by atoms with E-state index in [4.69, 9.17) is 9.47 Å². The number of methoxy groups -OCH3 is 1. The largest absolute Gasteiger partial charge is 0.507 e. The van der Waals surface area contributed by atoms with Gasteiger partial charge < -0.3 is 14.6 Å². The van der Waals surface area contributed by atoms with Gasteiger partial charge in [0.25, 0.3) is 5.56 Å². The first kappa shape index (κ1) is 21.6. The molecule has 2 heterocycles. The van der Waals surface area contributed by atoms with E-state index in [2.05, 4.69) is 4.99 Å². The van der Waals surface area contributed by atoms with Crippen LogP contribution >= 0.6 is 11.3 Å². The Balaban J connectivity index is 1.96. The minimum absolute atomic E-state index is 0.0773. The molecule has 0 saturated carbocycles. The van der Waals surface area contributed by atoms with Gasteiger partial charge in [0.1, 0.15) is 11.5 Å². The highest BCUT2D eigenvalue weighted by Gasteiger charge is 2.33. The van der Waals surface area contributed by atoms with Crippen LogP contribution in [0, 0.1) is 0 Å². The number of phenols is 1. The lowest BCUT2D eigenvalue weighted by molar-refractivity contribution is -0.139. The molecule has 1 aliphatic rings. The van der Waals surface area contributed by atoms with Crippen molar-refractivity contribution in [3.05, 3.63) is 90.6 Å². The van der Waals surface area contributed by atoms with Gasteiger partial charge in [-0.2, -0.15) is 0 Å². The molecule has 1 aromatic heterocycles. The second kappa shape index (κ2) is 8.84. The minimum Gasteiger partial charge on any atom is -0.507 e. The number of aromatic hydroxyl groups is 1. The predicted octanol–water partition coefficient (Wildman–Crippen LogP) is 2.51. The fourth-order valence-electron chi connectivity index (χ4n) is 3.64. The molecule has 0 fully saturated rings. The molecule has 164 valence electrons. The zero-order chi connectivity index (χ0) is 22.8. The van der Waals surface area contributed by atoms with Gasteiger partial charge in [-0.3, -0.25) is 9.36 Å². The fourth-order valence-corrected chi connectivity index (χ4v) is 4.68. The summed E-state index contributed by atoms with van der Waals surface area (Å²) in [5.41, 5.74) is 1.78. The number of thiazole rings is 1. The second-order valence-electron chi connectivity index (χ2n) is 7.13. The second-order valence-corrected chi connectivity index (χ2v) is 8.14. The Hall–Kier alpha value is -3.65. The number of carbonyl (C=O) groups excluding carboxylic acids is 1. The maximum atomic E-state index is 13.5. The summed E-state index contributed by atoms with van der Waals surface area (Å²) in [4.78, 5) is 31.3. The molecule has 1 N–H and O–H groups in total. The number of benzene rings is 2. The Morgan fingerprint density at radius 1 is 1.22 bits per heavy atom. The molecular weight excluding hydrogens is 428 g/mol. The molecule has 0 saturated heterocycles. The number of phenolic OH excluding ortho intramolecular Hbond substituents is 1. The van der Waals surface area contributed by atoms with Crippen molar-refractivity contribution in [3.63, 3.8) is 0 Å². The maximum absolute atomic E-state index is 13.5. The summed E-state index contributed by atoms with van der Waals surface area (Å²) >= 11 is 1.21. The summed E-state index contributed by atoms with van der Waals surface area (Å²) < 4.78 is 12.5. The molecule has 4 rings (SSSR count). The Labute approximate surface area is 188 Å². The molecule has 0 bridgehead atoms. The van der Waals surface area contributed by atoms with Crippen LogP contribution in [0.15, 0.2) is 69.6 Å². The molecule has 1 atom stereocenters. The van der Waals surface area contributed by atoms with Crippen molar-refractivity contribution in [1.29, 1.82) is 0 Å². The molecule has 0 amide bonds. The lowest BCUT2D eigenvalue weighted by Crippen LogP contribution is -2.39. The summed E-state index contributed by atoms with van der Waals surface area (Å²) in [5.74, 6) is 0.233. The Bertz CT molecular complexity index is 1380. The summed E-state index contributed by atoms with van der Waals surface area (Å²) in [6.45, 7) is 3.68. The first-order valence-electron chi connectivity index (χ1n) is 10.1. The quantitative estimate of drug-likeness (QED) is 0.604. The molecule has 7 nitrogen and oxygen atoms in total. The third kappa shape index (κ3) is 3.85. The van der Waals surface area contributed by atoms with Crippen LogP contribution in [-0.4, -0.2) is 29.4 Å². The van der Waals surface area contributed by atoms with E-state index in [1.54, 1.807) is 63.4 Å². The van der Waals surface area contributed by atoms with Crippen molar-refractivity contribution in [1.82, 2.24) is 4.57 Å². The highest BCUT2D eigenvalue weighted by atomic mass is 32.1. The van der Waals surface area contributed by atoms with E-state index in [-0.39, 0.29) is 17.9 Å². The molecule has 1 aliphatic heterocycles. The van der Waals surface area contributed by atoms with Crippen molar-refractivity contribution < 1.29 is 19.4 Å². The van der Waals surface area contributed by atoms with Crippen LogP contribution in [0.1, 0.15) is 31.0 Å². The van der Waals surface area contributed by atoms with Crippen LogP contribution in [0.5, 0.6) is 11.5 Å². The molecule has 8 heteroatoms. The first-order chi connectivity index (χ1) is 15.4. The van der Waals surface area contributed by atoms with E-state index in [0.29, 0.717) is 31.9 Å². The Morgan fingerprint density at radius 2 is 1.94 bits per heavy atom. The van der Waals surface area contributed by atoms with E-state index >= 15 is 0 Å². The molecule has 0 unspecified atom stereocenters. The summed E-state index contributed by atoms with van der Waals surface area (Å²) in [6, 6.07) is 13.3. The number of esters is 1. The van der Waals surface area contributed by atoms with E-state index in [9.17, 15) is 14.7 Å². The van der Waals surface area contributed by atoms with Gasteiger partial charge in [0.05, 0.1) is 35.6 Å². The van der Waals surface area contributed by atoms with E-state index < -0.39 is 12.0 Å². The number of ether oxygens (including phenoxy) is 2. The van der Waals surface area contributed by atoms with Gasteiger partial charge in [0.15, 0.2) is 4.80 Å². The zero-order valence-electron chi connectivity index (χ0n) is 17.9. The van der Waals surface area contributed by atoms with Crippen molar-refractivity contribution in [2.75, 3.05) is 13.7 Å². The highest BCUT2D eigenvalue weighted by molar-refractivity contribution is 7.07. The lowest BCUT2D eigenvalue weighted by Gasteiger charge is -2.24. The predicted molar refractivity (Wildman–Crippen MR) is 121 cm³/mol. The average molecular weight is 451 g/mol. The highest BCUT2D eigenvalue weighted by Crippen LogP contribution is 2.31. The monoisotopic (exact) mass is 450 g/mol. The third-order valence-corrected chi connectivity index (χ3v) is 6.15. The smallest absolute Gasteiger partial charge is 0.338 e. The summed E-state index contributed by atoms with van der Waals surface area (Å²) in [5, 5.41) is 10.1. The normalized spacial score (nSPS) is 15.8. The van der Waals surface area contributed by atoms with E-state index in [1.165, 1.54) is 15.9 Å². The van der Waals surface area contributed by atoms with E-state index in [0.717, 1.165) is 5.56 Å². The van der Waals surface area contributed by atoms with Gasteiger partial charge in [-0.25, -0.2) is 9.79 Å². The summed E-state index contributed by atoms with van der Waals surface area (Å²) in [7, 11) is 1.57. The Kier molecular flexibility index (Phi) is 5.96. The van der Waals surface area contributed by atoms with Crippen LogP contribution in [0.2, 0.25) is 0 Å². The number of nitrogens with zero attached hydrogens (tertiary/aromatic N) is 2. The first-order valence-corrected chi connectivity index (χ1v) is 10.9. The lowest BCUT2D eigenvalue weighted by atomic mass is 9.96. The van der Waals surface area contributed by atoms with Crippen LogP contribution in [0.3, 0.4) is 0 Å². The van der Waals surface area contributed by atoms with Crippen LogP contribution < -0.4 is 19.6 Å². The standard InChI is InChI=1S/C24H22N2O5S/c1-4-31-23(29)20-14(2)25-24-26(21(20)15-9-11-17(30-3)12-10-15)22(28)19(32-24)13-16-7-5-6-8-18(16)27/h5-13,21,27H,4H2,1-3H3/b19-13-/t21-/m1/s1. The zero-order valence-corrected chi connectivity index (χ0v) is 18.7. The average Bonchev–Trinajstić information content (AvgIpc) is 3.09. The maximum Gasteiger partial charge on any atom is 0.338 e.